The Kier molecular flexibility index (Phi) is 5.54. The maximum Gasteiger partial charge on any atom is 0.307 e. The first-order valence-corrected chi connectivity index (χ1v) is 10.0. The Balaban J connectivity index is 1.80. The van der Waals surface area contributed by atoms with Gasteiger partial charge < -0.3 is 5.11 Å². The van der Waals surface area contributed by atoms with Gasteiger partial charge in [-0.15, -0.1) is 0 Å². The maximum absolute atomic E-state index is 11.6. The van der Waals surface area contributed by atoms with Gasteiger partial charge in [0.1, 0.15) is 0 Å². The number of aromatic nitrogens is 1. The van der Waals surface area contributed by atoms with E-state index in [4.69, 9.17) is 23.2 Å². The van der Waals surface area contributed by atoms with Crippen LogP contribution in [-0.4, -0.2) is 34.0 Å². The summed E-state index contributed by atoms with van der Waals surface area (Å²) in [5.41, 5.74) is 2.11. The van der Waals surface area contributed by atoms with Crippen LogP contribution in [0.5, 0.6) is 0 Å². The number of benzene rings is 2. The first kappa shape index (κ1) is 19.2. The van der Waals surface area contributed by atoms with E-state index in [9.17, 15) is 9.90 Å². The van der Waals surface area contributed by atoms with E-state index in [-0.39, 0.29) is 12.0 Å². The molecule has 2 atom stereocenters. The standard InChI is InChI=1S/C22H20Cl2N2O2/c23-19-6-5-16(11-20(19)24)21(26-9-1-2-18(13-26)22(27)28)15-3-4-17-12-25-8-7-14(17)10-15/h3-8,10-12,18,21H,1-2,9,13H2,(H,27,28). The minimum atomic E-state index is -0.734. The van der Waals surface area contributed by atoms with Crippen LogP contribution in [0.25, 0.3) is 10.8 Å². The van der Waals surface area contributed by atoms with Gasteiger partial charge in [-0.1, -0.05) is 41.4 Å². The summed E-state index contributed by atoms with van der Waals surface area (Å²) in [6, 6.07) is 13.8. The number of piperidine rings is 1. The van der Waals surface area contributed by atoms with Gasteiger partial charge in [-0.25, -0.2) is 0 Å². The van der Waals surface area contributed by atoms with Gasteiger partial charge in [0.15, 0.2) is 0 Å². The van der Waals surface area contributed by atoms with Crippen LogP contribution in [0.3, 0.4) is 0 Å². The molecule has 0 spiro atoms. The topological polar surface area (TPSA) is 53.4 Å². The average molecular weight is 415 g/mol. The molecule has 4 rings (SSSR count). The Morgan fingerprint density at radius 1 is 1.07 bits per heavy atom. The predicted molar refractivity (Wildman–Crippen MR) is 112 cm³/mol. The molecule has 0 saturated carbocycles. The third-order valence-corrected chi connectivity index (χ3v) is 6.15. The third kappa shape index (κ3) is 3.86. The molecule has 3 aromatic rings. The van der Waals surface area contributed by atoms with Crippen LogP contribution in [-0.2, 0) is 4.79 Å². The van der Waals surface area contributed by atoms with Crippen molar-refractivity contribution in [1.29, 1.82) is 0 Å². The summed E-state index contributed by atoms with van der Waals surface area (Å²) >= 11 is 12.4. The summed E-state index contributed by atoms with van der Waals surface area (Å²) < 4.78 is 0. The van der Waals surface area contributed by atoms with Crippen LogP contribution in [0, 0.1) is 5.92 Å². The Morgan fingerprint density at radius 2 is 1.86 bits per heavy atom. The highest BCUT2D eigenvalue weighted by Gasteiger charge is 2.31. The summed E-state index contributed by atoms with van der Waals surface area (Å²) in [5.74, 6) is -1.09. The van der Waals surface area contributed by atoms with Gasteiger partial charge in [0.2, 0.25) is 0 Å². The molecule has 0 amide bonds. The molecule has 144 valence electrons. The minimum absolute atomic E-state index is 0.0884. The summed E-state index contributed by atoms with van der Waals surface area (Å²) in [5, 5.41) is 12.7. The number of carbonyl (C=O) groups is 1. The fourth-order valence-corrected chi connectivity index (χ4v) is 4.32. The number of carboxylic acid groups (broad SMARTS) is 1. The second-order valence-corrected chi connectivity index (χ2v) is 8.05. The van der Waals surface area contributed by atoms with E-state index in [1.54, 1.807) is 12.3 Å². The first-order chi connectivity index (χ1) is 13.5. The number of pyridine rings is 1. The van der Waals surface area contributed by atoms with Crippen molar-refractivity contribution >= 4 is 39.9 Å². The lowest BCUT2D eigenvalue weighted by molar-refractivity contribution is -0.143. The Morgan fingerprint density at radius 3 is 2.64 bits per heavy atom. The fourth-order valence-electron chi connectivity index (χ4n) is 4.01. The second-order valence-electron chi connectivity index (χ2n) is 7.23. The van der Waals surface area contributed by atoms with Crippen molar-refractivity contribution in [2.75, 3.05) is 13.1 Å². The number of nitrogens with zero attached hydrogens (tertiary/aromatic N) is 2. The van der Waals surface area contributed by atoms with Gasteiger partial charge in [0, 0.05) is 24.3 Å². The van der Waals surface area contributed by atoms with Gasteiger partial charge in [0.25, 0.3) is 0 Å². The number of hydrogen-bond acceptors (Lipinski definition) is 3. The van der Waals surface area contributed by atoms with E-state index in [0.29, 0.717) is 23.0 Å². The lowest BCUT2D eigenvalue weighted by atomic mass is 9.90. The number of likely N-dealkylation sites (tertiary alicyclic amines) is 1. The Hall–Kier alpha value is -2.14. The number of rotatable bonds is 4. The van der Waals surface area contributed by atoms with E-state index in [1.807, 2.05) is 24.4 Å². The first-order valence-electron chi connectivity index (χ1n) is 9.28. The van der Waals surface area contributed by atoms with Crippen LogP contribution < -0.4 is 0 Å². The lowest BCUT2D eigenvalue weighted by Gasteiger charge is -2.37. The smallest absolute Gasteiger partial charge is 0.307 e. The van der Waals surface area contributed by atoms with Crippen molar-refractivity contribution < 1.29 is 9.90 Å². The zero-order valence-corrected chi connectivity index (χ0v) is 16.7. The summed E-state index contributed by atoms with van der Waals surface area (Å²) in [6.07, 6.45) is 5.19. The van der Waals surface area contributed by atoms with Crippen molar-refractivity contribution in [2.45, 2.75) is 18.9 Å². The van der Waals surface area contributed by atoms with Crippen LogP contribution >= 0.6 is 23.2 Å². The van der Waals surface area contributed by atoms with E-state index >= 15 is 0 Å². The highest BCUT2D eigenvalue weighted by Crippen LogP contribution is 2.36. The quantitative estimate of drug-likeness (QED) is 0.618. The molecule has 1 N–H and O–H groups in total. The largest absolute Gasteiger partial charge is 0.481 e. The zero-order chi connectivity index (χ0) is 19.7. The molecule has 2 aromatic carbocycles. The number of carboxylic acids is 1. The number of fused-ring (bicyclic) bond motifs is 1. The molecule has 2 heterocycles. The molecule has 4 nitrogen and oxygen atoms in total. The van der Waals surface area contributed by atoms with Gasteiger partial charge in [-0.2, -0.15) is 0 Å². The van der Waals surface area contributed by atoms with E-state index in [0.717, 1.165) is 34.9 Å². The normalized spacial score (nSPS) is 18.9. The van der Waals surface area contributed by atoms with Crippen LogP contribution in [0.1, 0.15) is 30.0 Å². The van der Waals surface area contributed by atoms with E-state index in [2.05, 4.69) is 28.1 Å². The maximum atomic E-state index is 11.6. The Bertz CT molecular complexity index is 1020. The molecule has 1 aliphatic heterocycles. The van der Waals surface area contributed by atoms with Crippen LogP contribution in [0.15, 0.2) is 54.9 Å². The van der Waals surface area contributed by atoms with Gasteiger partial charge in [-0.3, -0.25) is 14.7 Å². The molecule has 0 radical (unpaired) electrons. The highest BCUT2D eigenvalue weighted by atomic mass is 35.5. The monoisotopic (exact) mass is 414 g/mol. The highest BCUT2D eigenvalue weighted by molar-refractivity contribution is 6.42. The summed E-state index contributed by atoms with van der Waals surface area (Å²) in [6.45, 7) is 1.34. The Labute approximate surface area is 173 Å². The van der Waals surface area contributed by atoms with Crippen molar-refractivity contribution in [2.24, 2.45) is 5.92 Å². The van der Waals surface area contributed by atoms with Gasteiger partial charge in [-0.05, 0) is 60.2 Å². The number of halogens is 2. The van der Waals surface area contributed by atoms with Crippen LogP contribution in [0.2, 0.25) is 10.0 Å². The molecule has 0 aliphatic carbocycles. The van der Waals surface area contributed by atoms with Crippen LogP contribution in [0.4, 0.5) is 0 Å². The molecule has 1 fully saturated rings. The predicted octanol–water partition coefficient (Wildman–Crippen LogP) is 5.43. The molecular formula is C22H20Cl2N2O2. The summed E-state index contributed by atoms with van der Waals surface area (Å²) in [4.78, 5) is 18.0. The third-order valence-electron chi connectivity index (χ3n) is 5.41. The van der Waals surface area contributed by atoms with E-state index < -0.39 is 5.97 Å². The molecule has 0 bridgehead atoms. The van der Waals surface area contributed by atoms with Crippen molar-refractivity contribution in [3.8, 4) is 0 Å². The molecule has 1 saturated heterocycles. The minimum Gasteiger partial charge on any atom is -0.481 e. The summed E-state index contributed by atoms with van der Waals surface area (Å²) in [7, 11) is 0. The molecule has 1 aliphatic rings. The molecule has 6 heteroatoms. The van der Waals surface area contributed by atoms with Crippen molar-refractivity contribution in [3.63, 3.8) is 0 Å². The van der Waals surface area contributed by atoms with Gasteiger partial charge >= 0.3 is 5.97 Å². The fraction of sp³-hybridized carbons (Fsp3) is 0.273. The second kappa shape index (κ2) is 8.08. The molecular weight excluding hydrogens is 395 g/mol. The zero-order valence-electron chi connectivity index (χ0n) is 15.2. The van der Waals surface area contributed by atoms with Crippen molar-refractivity contribution in [1.82, 2.24) is 9.88 Å². The molecule has 1 aromatic heterocycles. The number of hydrogen-bond donors (Lipinski definition) is 1. The molecule has 28 heavy (non-hydrogen) atoms. The molecule has 2 unspecified atom stereocenters. The average Bonchev–Trinajstić information content (AvgIpc) is 2.71. The SMILES string of the molecule is O=C(O)C1CCCN(C(c2ccc(Cl)c(Cl)c2)c2ccc3cnccc3c2)C1. The van der Waals surface area contributed by atoms with Crippen molar-refractivity contribution in [3.05, 3.63) is 76.0 Å². The lowest BCUT2D eigenvalue weighted by Crippen LogP contribution is -2.41. The van der Waals surface area contributed by atoms with Gasteiger partial charge in [0.05, 0.1) is 22.0 Å². The van der Waals surface area contributed by atoms with E-state index in [1.165, 1.54) is 0 Å². The number of aliphatic carboxylic acids is 1.